The fourth-order valence-electron chi connectivity index (χ4n) is 3.33. The minimum Gasteiger partial charge on any atom is -0.452 e. The average molecular weight is 359 g/mol. The Morgan fingerprint density at radius 1 is 0.708 bits per heavy atom. The number of nitrogens with one attached hydrogen (secondary N) is 1. The molecule has 3 rings (SSSR count). The van der Waals surface area contributed by atoms with Gasteiger partial charge in [-0.25, -0.2) is 0 Å². The van der Waals surface area contributed by atoms with Crippen molar-refractivity contribution in [1.29, 1.82) is 0 Å². The van der Waals surface area contributed by atoms with Crippen molar-refractivity contribution >= 4 is 37.8 Å². The third-order valence-corrected chi connectivity index (χ3v) is 9.79. The van der Waals surface area contributed by atoms with E-state index in [1.165, 1.54) is 35.3 Å². The zero-order valence-corrected chi connectivity index (χ0v) is 16.9. The van der Waals surface area contributed by atoms with Crippen molar-refractivity contribution in [1.82, 2.24) is 0 Å². The molecule has 2 aromatic rings. The minimum atomic E-state index is -0.147. The zero-order chi connectivity index (χ0) is 17.1. The standard InChI is InChI=1S/C20H27NOP2/c1-5-23(6-2)17-13-9-11-15-19(17)22-20-16(21-15)12-10-14-18(20)24(7-3)8-4/h9-14,21H,5-8H2,1-4H3. The van der Waals surface area contributed by atoms with E-state index in [2.05, 4.69) is 69.4 Å². The maximum atomic E-state index is 6.58. The van der Waals surface area contributed by atoms with Crippen LogP contribution in [-0.4, -0.2) is 24.6 Å². The Morgan fingerprint density at radius 2 is 1.12 bits per heavy atom. The van der Waals surface area contributed by atoms with E-state index in [4.69, 9.17) is 4.74 Å². The normalized spacial score (nSPS) is 12.6. The molecule has 0 aliphatic carbocycles. The average Bonchev–Trinajstić information content (AvgIpc) is 2.62. The maximum Gasteiger partial charge on any atom is 0.158 e. The number of benzene rings is 2. The van der Waals surface area contributed by atoms with Crippen LogP contribution in [0.5, 0.6) is 11.5 Å². The Kier molecular flexibility index (Phi) is 5.80. The molecule has 0 aromatic heterocycles. The molecule has 1 heterocycles. The van der Waals surface area contributed by atoms with Gasteiger partial charge in [0.25, 0.3) is 0 Å². The molecule has 0 amide bonds. The predicted molar refractivity (Wildman–Crippen MR) is 112 cm³/mol. The molecule has 0 saturated heterocycles. The molecule has 24 heavy (non-hydrogen) atoms. The van der Waals surface area contributed by atoms with E-state index in [1.807, 2.05) is 0 Å². The summed E-state index contributed by atoms with van der Waals surface area (Å²) in [5.74, 6) is 2.13. The van der Waals surface area contributed by atoms with E-state index in [9.17, 15) is 0 Å². The van der Waals surface area contributed by atoms with Gasteiger partial charge in [-0.15, -0.1) is 0 Å². The quantitative estimate of drug-likeness (QED) is 0.559. The molecular formula is C20H27NOP2. The van der Waals surface area contributed by atoms with Gasteiger partial charge in [0.05, 0.1) is 11.4 Å². The largest absolute Gasteiger partial charge is 0.452 e. The van der Waals surface area contributed by atoms with E-state index in [0.29, 0.717) is 0 Å². The third kappa shape index (κ3) is 3.19. The molecule has 0 bridgehead atoms. The Balaban J connectivity index is 2.07. The van der Waals surface area contributed by atoms with Gasteiger partial charge in [-0.2, -0.15) is 0 Å². The summed E-state index contributed by atoms with van der Waals surface area (Å²) < 4.78 is 6.58. The van der Waals surface area contributed by atoms with E-state index in [1.54, 1.807) is 0 Å². The lowest BCUT2D eigenvalue weighted by molar-refractivity contribution is 0.489. The van der Waals surface area contributed by atoms with Gasteiger partial charge in [-0.05, 0) is 36.8 Å². The van der Waals surface area contributed by atoms with Crippen LogP contribution in [-0.2, 0) is 0 Å². The molecule has 1 aliphatic rings. The maximum absolute atomic E-state index is 6.58. The molecule has 2 aromatic carbocycles. The SMILES string of the molecule is CCP(CC)c1cccc2c1Oc1c(cccc1P(CC)CC)N2. The first-order valence-electron chi connectivity index (χ1n) is 8.94. The van der Waals surface area contributed by atoms with Crippen LogP contribution < -0.4 is 20.7 Å². The van der Waals surface area contributed by atoms with Crippen molar-refractivity contribution in [3.05, 3.63) is 36.4 Å². The first-order valence-corrected chi connectivity index (χ1v) is 12.4. The molecule has 0 fully saturated rings. The second-order valence-corrected chi connectivity index (χ2v) is 11.5. The van der Waals surface area contributed by atoms with E-state index >= 15 is 0 Å². The number of hydrogen-bond donors (Lipinski definition) is 1. The molecule has 0 saturated carbocycles. The summed E-state index contributed by atoms with van der Waals surface area (Å²) in [7, 11) is -0.294. The Morgan fingerprint density at radius 3 is 1.50 bits per heavy atom. The number of para-hydroxylation sites is 2. The number of rotatable bonds is 6. The number of anilines is 2. The smallest absolute Gasteiger partial charge is 0.158 e. The highest BCUT2D eigenvalue weighted by molar-refractivity contribution is 7.66. The van der Waals surface area contributed by atoms with Crippen LogP contribution in [0.1, 0.15) is 27.7 Å². The summed E-state index contributed by atoms with van der Waals surface area (Å²) in [6, 6.07) is 13.1. The van der Waals surface area contributed by atoms with Crippen LogP contribution in [0.2, 0.25) is 0 Å². The lowest BCUT2D eigenvalue weighted by Crippen LogP contribution is -2.18. The molecule has 0 unspecified atom stereocenters. The van der Waals surface area contributed by atoms with Crippen molar-refractivity contribution < 1.29 is 4.74 Å². The van der Waals surface area contributed by atoms with Crippen molar-refractivity contribution in [2.75, 3.05) is 30.0 Å². The molecule has 1 N–H and O–H groups in total. The van der Waals surface area contributed by atoms with Gasteiger partial charge in [-0.3, -0.25) is 0 Å². The number of fused-ring (bicyclic) bond motifs is 2. The lowest BCUT2D eigenvalue weighted by atomic mass is 10.2. The van der Waals surface area contributed by atoms with Crippen molar-refractivity contribution in [2.45, 2.75) is 27.7 Å². The van der Waals surface area contributed by atoms with Gasteiger partial charge in [0.1, 0.15) is 0 Å². The van der Waals surface area contributed by atoms with Crippen LogP contribution in [0.15, 0.2) is 36.4 Å². The van der Waals surface area contributed by atoms with Gasteiger partial charge in [0.15, 0.2) is 11.5 Å². The second-order valence-electron chi connectivity index (χ2n) is 5.88. The number of hydrogen-bond acceptors (Lipinski definition) is 2. The van der Waals surface area contributed by atoms with Crippen molar-refractivity contribution in [3.63, 3.8) is 0 Å². The first kappa shape index (κ1) is 17.7. The summed E-state index contributed by atoms with van der Waals surface area (Å²) in [4.78, 5) is 0. The summed E-state index contributed by atoms with van der Waals surface area (Å²) in [6.07, 6.45) is 4.82. The topological polar surface area (TPSA) is 21.3 Å². The summed E-state index contributed by atoms with van der Waals surface area (Å²) >= 11 is 0. The Hall–Kier alpha value is -1.10. The molecule has 4 heteroatoms. The summed E-state index contributed by atoms with van der Waals surface area (Å²) in [5.41, 5.74) is 2.23. The van der Waals surface area contributed by atoms with Gasteiger partial charge in [-0.1, -0.05) is 67.8 Å². The lowest BCUT2D eigenvalue weighted by Gasteiger charge is -2.29. The van der Waals surface area contributed by atoms with Crippen LogP contribution in [0, 0.1) is 0 Å². The van der Waals surface area contributed by atoms with Crippen LogP contribution in [0.3, 0.4) is 0 Å². The van der Waals surface area contributed by atoms with Crippen LogP contribution >= 0.6 is 15.8 Å². The fourth-order valence-corrected chi connectivity index (χ4v) is 7.09. The van der Waals surface area contributed by atoms with Gasteiger partial charge in [0, 0.05) is 10.6 Å². The van der Waals surface area contributed by atoms with Crippen LogP contribution in [0.25, 0.3) is 0 Å². The molecule has 0 atom stereocenters. The summed E-state index contributed by atoms with van der Waals surface area (Å²) in [5, 5.41) is 6.42. The minimum absolute atomic E-state index is 0.147. The van der Waals surface area contributed by atoms with Gasteiger partial charge in [0.2, 0.25) is 0 Å². The highest BCUT2D eigenvalue weighted by atomic mass is 31.1. The van der Waals surface area contributed by atoms with Gasteiger partial charge >= 0.3 is 0 Å². The van der Waals surface area contributed by atoms with Crippen LogP contribution in [0.4, 0.5) is 11.4 Å². The fraction of sp³-hybridized carbons (Fsp3) is 0.400. The molecule has 0 radical (unpaired) electrons. The van der Waals surface area contributed by atoms with Crippen molar-refractivity contribution in [2.24, 2.45) is 0 Å². The monoisotopic (exact) mass is 359 g/mol. The summed E-state index contributed by atoms with van der Waals surface area (Å²) in [6.45, 7) is 9.16. The molecule has 1 aliphatic heterocycles. The molecular weight excluding hydrogens is 332 g/mol. The Bertz CT molecular complexity index is 649. The molecule has 128 valence electrons. The second kappa shape index (κ2) is 7.85. The third-order valence-electron chi connectivity index (χ3n) is 4.67. The zero-order valence-electron chi connectivity index (χ0n) is 15.1. The predicted octanol–water partition coefficient (Wildman–Crippen LogP) is 5.83. The highest BCUT2D eigenvalue weighted by Crippen LogP contribution is 2.49. The van der Waals surface area contributed by atoms with E-state index in [-0.39, 0.29) is 15.8 Å². The Labute approximate surface area is 148 Å². The van der Waals surface area contributed by atoms with Crippen molar-refractivity contribution in [3.8, 4) is 11.5 Å². The van der Waals surface area contributed by atoms with Gasteiger partial charge < -0.3 is 10.1 Å². The van der Waals surface area contributed by atoms with E-state index < -0.39 is 0 Å². The van der Waals surface area contributed by atoms with E-state index in [0.717, 1.165) is 22.9 Å². The highest BCUT2D eigenvalue weighted by Gasteiger charge is 2.25. The number of ether oxygens (including phenoxy) is 1. The molecule has 2 nitrogen and oxygen atoms in total. The first-order chi connectivity index (χ1) is 11.7. The molecule has 0 spiro atoms.